The van der Waals surface area contributed by atoms with Crippen LogP contribution < -0.4 is 10.6 Å². The Kier molecular flexibility index (Phi) is 4.22. The molecule has 1 aliphatic heterocycles. The quantitative estimate of drug-likeness (QED) is 0.718. The summed E-state index contributed by atoms with van der Waals surface area (Å²) in [5, 5.41) is 28.4. The third kappa shape index (κ3) is 2.81. The van der Waals surface area contributed by atoms with Crippen LogP contribution in [0.4, 0.5) is 0 Å². The van der Waals surface area contributed by atoms with E-state index in [1.165, 1.54) is 16.6 Å². The van der Waals surface area contributed by atoms with Gasteiger partial charge in [-0.2, -0.15) is 0 Å². The maximum atomic E-state index is 12.4. The molecule has 2 aromatic rings. The number of aromatic nitrogens is 4. The third-order valence-corrected chi connectivity index (χ3v) is 5.49. The molecule has 8 nitrogen and oxygen atoms in total. The van der Waals surface area contributed by atoms with Crippen LogP contribution in [0.2, 0.25) is 0 Å². The molecule has 1 aliphatic carbocycles. The Hall–Kier alpha value is -2.32. The first kappa shape index (κ1) is 16.2. The number of rotatable bonds is 4. The van der Waals surface area contributed by atoms with E-state index in [1.807, 2.05) is 18.2 Å². The fraction of sp³-hybridized carbons (Fsp3) is 0.529. The van der Waals surface area contributed by atoms with Crippen LogP contribution in [0.3, 0.4) is 0 Å². The zero-order chi connectivity index (χ0) is 17.3. The number of tetrazole rings is 1. The van der Waals surface area contributed by atoms with Gasteiger partial charge in [-0.1, -0.05) is 24.3 Å². The minimum absolute atomic E-state index is 0.111. The number of aliphatic hydroxyl groups excluding tert-OH is 1. The summed E-state index contributed by atoms with van der Waals surface area (Å²) in [6, 6.07) is 7.72. The van der Waals surface area contributed by atoms with E-state index in [9.17, 15) is 9.90 Å². The lowest BCUT2D eigenvalue weighted by molar-refractivity contribution is -0.123. The number of nitrogens with zero attached hydrogens (tertiary/aromatic N) is 4. The molecule has 0 unspecified atom stereocenters. The highest BCUT2D eigenvalue weighted by atomic mass is 16.3. The Balaban J connectivity index is 1.52. The molecular weight excluding hydrogens is 320 g/mol. The van der Waals surface area contributed by atoms with Crippen molar-refractivity contribution in [2.45, 2.75) is 43.4 Å². The summed E-state index contributed by atoms with van der Waals surface area (Å²) in [6.07, 6.45) is 2.90. The number of carbonyl (C=O) groups is 1. The number of piperidine rings is 1. The molecule has 2 atom stereocenters. The SMILES string of the molecule is O=C(CCn1cnnn1)N[C@@H]1c2ccccc2C2(CCNCC2)[C@H]1O. The summed E-state index contributed by atoms with van der Waals surface area (Å²) >= 11 is 0. The fourth-order valence-corrected chi connectivity index (χ4v) is 4.21. The first-order valence-electron chi connectivity index (χ1n) is 8.69. The molecule has 1 amide bonds. The van der Waals surface area contributed by atoms with Gasteiger partial charge in [-0.3, -0.25) is 4.79 Å². The molecule has 1 spiro atoms. The summed E-state index contributed by atoms with van der Waals surface area (Å²) < 4.78 is 1.52. The maximum absolute atomic E-state index is 12.4. The summed E-state index contributed by atoms with van der Waals surface area (Å²) in [6.45, 7) is 2.18. The predicted molar refractivity (Wildman–Crippen MR) is 89.5 cm³/mol. The minimum Gasteiger partial charge on any atom is -0.390 e. The number of aliphatic hydroxyl groups is 1. The largest absolute Gasteiger partial charge is 0.390 e. The number of aryl methyl sites for hydroxylation is 1. The summed E-state index contributed by atoms with van der Waals surface area (Å²) in [5.74, 6) is -0.111. The molecule has 3 N–H and O–H groups in total. The van der Waals surface area contributed by atoms with Gasteiger partial charge in [-0.15, -0.1) is 5.10 Å². The average Bonchev–Trinajstić information content (AvgIpc) is 3.24. The second-order valence-corrected chi connectivity index (χ2v) is 6.81. The molecule has 0 saturated carbocycles. The van der Waals surface area contributed by atoms with Crippen molar-refractivity contribution in [3.63, 3.8) is 0 Å². The van der Waals surface area contributed by atoms with Crippen molar-refractivity contribution >= 4 is 5.91 Å². The Morgan fingerprint density at radius 3 is 2.92 bits per heavy atom. The van der Waals surface area contributed by atoms with Gasteiger partial charge in [0.15, 0.2) is 0 Å². The summed E-state index contributed by atoms with van der Waals surface area (Å²) in [7, 11) is 0. The zero-order valence-corrected chi connectivity index (χ0v) is 13.9. The molecule has 0 radical (unpaired) electrons. The van der Waals surface area contributed by atoms with Gasteiger partial charge in [0, 0.05) is 11.8 Å². The van der Waals surface area contributed by atoms with E-state index in [-0.39, 0.29) is 23.8 Å². The van der Waals surface area contributed by atoms with Crippen LogP contribution in [0.1, 0.15) is 36.4 Å². The van der Waals surface area contributed by atoms with Crippen molar-refractivity contribution in [3.05, 3.63) is 41.7 Å². The Morgan fingerprint density at radius 1 is 1.36 bits per heavy atom. The lowest BCUT2D eigenvalue weighted by Crippen LogP contribution is -2.48. The Morgan fingerprint density at radius 2 is 2.16 bits per heavy atom. The molecule has 1 saturated heterocycles. The standard InChI is InChI=1S/C17H22N6O2/c24-14(5-10-23-11-19-21-22-23)20-15-12-3-1-2-4-13(12)17(16(15)25)6-8-18-9-7-17/h1-4,11,15-16,18,25H,5-10H2,(H,20,24)/t15-,16+/m1/s1. The topological polar surface area (TPSA) is 105 Å². The number of carbonyl (C=O) groups excluding carboxylic acids is 1. The van der Waals surface area contributed by atoms with Gasteiger partial charge in [-0.05, 0) is 47.5 Å². The normalized spacial score (nSPS) is 24.2. The second-order valence-electron chi connectivity index (χ2n) is 6.81. The van der Waals surface area contributed by atoms with Crippen LogP contribution in [0, 0.1) is 0 Å². The van der Waals surface area contributed by atoms with E-state index in [1.54, 1.807) is 0 Å². The van der Waals surface area contributed by atoms with E-state index in [0.29, 0.717) is 6.54 Å². The Labute approximate surface area is 145 Å². The molecule has 132 valence electrons. The number of benzene rings is 1. The number of amides is 1. The molecule has 4 rings (SSSR count). The molecule has 1 fully saturated rings. The number of fused-ring (bicyclic) bond motifs is 2. The first-order chi connectivity index (χ1) is 12.2. The number of nitrogens with one attached hydrogen (secondary N) is 2. The van der Waals surface area contributed by atoms with Crippen LogP contribution in [0.5, 0.6) is 0 Å². The van der Waals surface area contributed by atoms with Gasteiger partial charge in [0.2, 0.25) is 5.91 Å². The lowest BCUT2D eigenvalue weighted by atomic mass is 9.72. The average molecular weight is 342 g/mol. The maximum Gasteiger partial charge on any atom is 0.222 e. The highest BCUT2D eigenvalue weighted by Gasteiger charge is 2.51. The van der Waals surface area contributed by atoms with E-state index >= 15 is 0 Å². The minimum atomic E-state index is -0.607. The number of hydrogen-bond acceptors (Lipinski definition) is 6. The second kappa shape index (κ2) is 6.53. The lowest BCUT2D eigenvalue weighted by Gasteiger charge is -2.38. The van der Waals surface area contributed by atoms with Gasteiger partial charge in [0.25, 0.3) is 0 Å². The van der Waals surface area contributed by atoms with Gasteiger partial charge >= 0.3 is 0 Å². The van der Waals surface area contributed by atoms with Crippen molar-refractivity contribution in [2.24, 2.45) is 0 Å². The molecule has 2 aliphatic rings. The van der Waals surface area contributed by atoms with Crippen LogP contribution in [-0.4, -0.2) is 50.4 Å². The zero-order valence-electron chi connectivity index (χ0n) is 13.9. The van der Waals surface area contributed by atoms with Gasteiger partial charge in [-0.25, -0.2) is 4.68 Å². The summed E-state index contributed by atoms with van der Waals surface area (Å²) in [4.78, 5) is 12.4. The van der Waals surface area contributed by atoms with Crippen LogP contribution in [0.15, 0.2) is 30.6 Å². The van der Waals surface area contributed by atoms with Gasteiger partial charge in [0.1, 0.15) is 6.33 Å². The predicted octanol–water partition coefficient (Wildman–Crippen LogP) is -0.0836. The van der Waals surface area contributed by atoms with E-state index < -0.39 is 6.10 Å². The molecule has 1 aromatic carbocycles. The van der Waals surface area contributed by atoms with Gasteiger partial charge < -0.3 is 15.7 Å². The Bertz CT molecular complexity index is 741. The van der Waals surface area contributed by atoms with E-state index in [2.05, 4.69) is 32.2 Å². The molecular formula is C17H22N6O2. The van der Waals surface area contributed by atoms with Crippen molar-refractivity contribution in [1.82, 2.24) is 30.8 Å². The number of hydrogen-bond donors (Lipinski definition) is 3. The molecule has 8 heteroatoms. The summed E-state index contributed by atoms with van der Waals surface area (Å²) in [5.41, 5.74) is 1.94. The van der Waals surface area contributed by atoms with Crippen molar-refractivity contribution in [2.75, 3.05) is 13.1 Å². The van der Waals surface area contributed by atoms with E-state index in [0.717, 1.165) is 31.5 Å². The molecule has 25 heavy (non-hydrogen) atoms. The fourth-order valence-electron chi connectivity index (χ4n) is 4.21. The van der Waals surface area contributed by atoms with Gasteiger partial charge in [0.05, 0.1) is 18.7 Å². The molecule has 1 aromatic heterocycles. The van der Waals surface area contributed by atoms with Crippen molar-refractivity contribution in [1.29, 1.82) is 0 Å². The van der Waals surface area contributed by atoms with Crippen LogP contribution >= 0.6 is 0 Å². The monoisotopic (exact) mass is 342 g/mol. The highest BCUT2D eigenvalue weighted by Crippen LogP contribution is 2.49. The highest BCUT2D eigenvalue weighted by molar-refractivity contribution is 5.77. The molecule has 0 bridgehead atoms. The third-order valence-electron chi connectivity index (χ3n) is 5.49. The van der Waals surface area contributed by atoms with Crippen molar-refractivity contribution in [3.8, 4) is 0 Å². The smallest absolute Gasteiger partial charge is 0.222 e. The van der Waals surface area contributed by atoms with Crippen molar-refractivity contribution < 1.29 is 9.90 Å². The molecule has 2 heterocycles. The first-order valence-corrected chi connectivity index (χ1v) is 8.69. The van der Waals surface area contributed by atoms with Crippen LogP contribution in [-0.2, 0) is 16.8 Å². The van der Waals surface area contributed by atoms with E-state index in [4.69, 9.17) is 0 Å². The van der Waals surface area contributed by atoms with Crippen LogP contribution in [0.25, 0.3) is 0 Å².